The lowest BCUT2D eigenvalue weighted by molar-refractivity contribution is 0.203. The molecule has 1 fully saturated rings. The van der Waals surface area contributed by atoms with E-state index in [0.29, 0.717) is 26.2 Å². The molecule has 1 atom stereocenters. The normalized spacial score (nSPS) is 22.8. The van der Waals surface area contributed by atoms with Crippen LogP contribution in [0.25, 0.3) is 0 Å². The van der Waals surface area contributed by atoms with Gasteiger partial charge in [0, 0.05) is 32.8 Å². The molecule has 1 saturated heterocycles. The maximum absolute atomic E-state index is 11.9. The van der Waals surface area contributed by atoms with E-state index in [-0.39, 0.29) is 6.04 Å². The molecule has 0 aromatic heterocycles. The van der Waals surface area contributed by atoms with E-state index in [0.717, 1.165) is 12.8 Å². The molecule has 0 amide bonds. The molecule has 0 saturated carbocycles. The van der Waals surface area contributed by atoms with E-state index in [4.69, 9.17) is 4.74 Å². The Bertz CT molecular complexity index is 294. The maximum atomic E-state index is 11.9. The first-order valence-electron chi connectivity index (χ1n) is 5.51. The molecule has 1 aliphatic rings. The second kappa shape index (κ2) is 6.51. The maximum Gasteiger partial charge on any atom is 0.279 e. The Kier molecular flexibility index (Phi) is 5.63. The molecule has 96 valence electrons. The molecule has 1 heterocycles. The highest BCUT2D eigenvalue weighted by Gasteiger charge is 2.33. The van der Waals surface area contributed by atoms with Gasteiger partial charge in [-0.15, -0.1) is 0 Å². The molecule has 0 spiro atoms. The fourth-order valence-corrected chi connectivity index (χ4v) is 3.37. The standard InChI is InChI=1S/C9H21N3O3S/c1-10-8-9-4-3-6-12(9)16(13,14)11-5-7-15-2/h9-11H,3-8H2,1-2H3. The van der Waals surface area contributed by atoms with Crippen LogP contribution in [0.3, 0.4) is 0 Å². The van der Waals surface area contributed by atoms with Crippen molar-refractivity contribution in [3.63, 3.8) is 0 Å². The minimum Gasteiger partial charge on any atom is -0.383 e. The largest absolute Gasteiger partial charge is 0.383 e. The van der Waals surface area contributed by atoms with Gasteiger partial charge in [0.1, 0.15) is 0 Å². The van der Waals surface area contributed by atoms with Crippen molar-refractivity contribution in [1.29, 1.82) is 0 Å². The van der Waals surface area contributed by atoms with Gasteiger partial charge < -0.3 is 10.1 Å². The number of nitrogens with zero attached hydrogens (tertiary/aromatic N) is 1. The average molecular weight is 251 g/mol. The average Bonchev–Trinajstić information content (AvgIpc) is 2.67. The fourth-order valence-electron chi connectivity index (χ4n) is 1.92. The lowest BCUT2D eigenvalue weighted by Crippen LogP contribution is -2.47. The Balaban J connectivity index is 2.53. The number of likely N-dealkylation sites (N-methyl/N-ethyl adjacent to an activating group) is 1. The van der Waals surface area contributed by atoms with Gasteiger partial charge in [-0.1, -0.05) is 0 Å². The van der Waals surface area contributed by atoms with E-state index in [1.165, 1.54) is 0 Å². The van der Waals surface area contributed by atoms with E-state index >= 15 is 0 Å². The molecule has 0 aromatic rings. The summed E-state index contributed by atoms with van der Waals surface area (Å²) in [4.78, 5) is 0. The molecule has 16 heavy (non-hydrogen) atoms. The summed E-state index contributed by atoms with van der Waals surface area (Å²) in [5.74, 6) is 0. The Hall–Kier alpha value is -0.210. The van der Waals surface area contributed by atoms with E-state index < -0.39 is 10.2 Å². The van der Waals surface area contributed by atoms with Crippen LogP contribution in [0.4, 0.5) is 0 Å². The van der Waals surface area contributed by atoms with Gasteiger partial charge in [0.25, 0.3) is 10.2 Å². The Morgan fingerprint density at radius 1 is 1.50 bits per heavy atom. The molecular weight excluding hydrogens is 230 g/mol. The van der Waals surface area contributed by atoms with Crippen LogP contribution in [-0.2, 0) is 14.9 Å². The SMILES string of the molecule is CNCC1CCCN1S(=O)(=O)NCCOC. The van der Waals surface area contributed by atoms with Crippen molar-refractivity contribution in [2.75, 3.05) is 40.4 Å². The summed E-state index contributed by atoms with van der Waals surface area (Å²) < 4.78 is 32.7. The first kappa shape index (κ1) is 13.9. The molecule has 7 heteroatoms. The first-order chi connectivity index (χ1) is 7.61. The van der Waals surface area contributed by atoms with Crippen LogP contribution >= 0.6 is 0 Å². The van der Waals surface area contributed by atoms with Gasteiger partial charge in [0.05, 0.1) is 6.61 Å². The number of rotatable bonds is 7. The van der Waals surface area contributed by atoms with Crippen LogP contribution in [0.2, 0.25) is 0 Å². The Morgan fingerprint density at radius 2 is 2.25 bits per heavy atom. The van der Waals surface area contributed by atoms with E-state index in [9.17, 15) is 8.42 Å². The van der Waals surface area contributed by atoms with Crippen molar-refractivity contribution in [3.8, 4) is 0 Å². The zero-order chi connectivity index (χ0) is 12.0. The lowest BCUT2D eigenvalue weighted by atomic mass is 10.2. The van der Waals surface area contributed by atoms with Gasteiger partial charge in [-0.05, 0) is 19.9 Å². The molecular formula is C9H21N3O3S. The summed E-state index contributed by atoms with van der Waals surface area (Å²) in [6.07, 6.45) is 1.85. The minimum atomic E-state index is -3.34. The van der Waals surface area contributed by atoms with Gasteiger partial charge in [0.2, 0.25) is 0 Å². The summed E-state index contributed by atoms with van der Waals surface area (Å²) >= 11 is 0. The predicted molar refractivity (Wildman–Crippen MR) is 62.5 cm³/mol. The van der Waals surface area contributed by atoms with Crippen LogP contribution in [0.1, 0.15) is 12.8 Å². The molecule has 2 N–H and O–H groups in total. The zero-order valence-electron chi connectivity index (χ0n) is 9.90. The Labute approximate surface area is 97.5 Å². The van der Waals surface area contributed by atoms with Crippen LogP contribution in [-0.4, -0.2) is 59.2 Å². The number of nitrogens with one attached hydrogen (secondary N) is 2. The quantitative estimate of drug-likeness (QED) is 0.578. The summed E-state index contributed by atoms with van der Waals surface area (Å²) in [7, 11) is 0.0441. The summed E-state index contributed by atoms with van der Waals surface area (Å²) in [6, 6.07) is 0.0741. The monoisotopic (exact) mass is 251 g/mol. The van der Waals surface area contributed by atoms with Gasteiger partial charge in [-0.2, -0.15) is 17.4 Å². The van der Waals surface area contributed by atoms with Crippen molar-refractivity contribution in [3.05, 3.63) is 0 Å². The van der Waals surface area contributed by atoms with E-state index in [2.05, 4.69) is 10.0 Å². The molecule has 0 bridgehead atoms. The fraction of sp³-hybridized carbons (Fsp3) is 1.00. The molecule has 1 unspecified atom stereocenters. The Morgan fingerprint density at radius 3 is 2.88 bits per heavy atom. The summed E-state index contributed by atoms with van der Waals surface area (Å²) in [5, 5.41) is 3.02. The highest BCUT2D eigenvalue weighted by Crippen LogP contribution is 2.19. The third-order valence-electron chi connectivity index (χ3n) is 2.66. The highest BCUT2D eigenvalue weighted by atomic mass is 32.2. The highest BCUT2D eigenvalue weighted by molar-refractivity contribution is 7.87. The van der Waals surface area contributed by atoms with Crippen molar-refractivity contribution in [2.45, 2.75) is 18.9 Å². The third-order valence-corrected chi connectivity index (χ3v) is 4.33. The number of hydrogen-bond acceptors (Lipinski definition) is 4. The molecule has 0 radical (unpaired) electrons. The van der Waals surface area contributed by atoms with Crippen molar-refractivity contribution >= 4 is 10.2 Å². The lowest BCUT2D eigenvalue weighted by Gasteiger charge is -2.23. The number of methoxy groups -OCH3 is 1. The van der Waals surface area contributed by atoms with E-state index in [1.54, 1.807) is 11.4 Å². The summed E-state index contributed by atoms with van der Waals surface area (Å²) in [5.41, 5.74) is 0. The molecule has 1 aliphatic heterocycles. The molecule has 0 aromatic carbocycles. The first-order valence-corrected chi connectivity index (χ1v) is 6.96. The molecule has 6 nitrogen and oxygen atoms in total. The minimum absolute atomic E-state index is 0.0741. The second-order valence-corrected chi connectivity index (χ2v) is 5.56. The smallest absolute Gasteiger partial charge is 0.279 e. The topological polar surface area (TPSA) is 70.7 Å². The van der Waals surface area contributed by atoms with Gasteiger partial charge in [-0.3, -0.25) is 0 Å². The van der Waals surface area contributed by atoms with E-state index in [1.807, 2.05) is 7.05 Å². The van der Waals surface area contributed by atoms with Crippen LogP contribution in [0, 0.1) is 0 Å². The van der Waals surface area contributed by atoms with Crippen molar-refractivity contribution < 1.29 is 13.2 Å². The third kappa shape index (κ3) is 3.67. The number of ether oxygens (including phenoxy) is 1. The summed E-state index contributed by atoms with van der Waals surface area (Å²) in [6.45, 7) is 2.02. The predicted octanol–water partition coefficient (Wildman–Crippen LogP) is -0.849. The number of hydrogen-bond donors (Lipinski definition) is 2. The van der Waals surface area contributed by atoms with Crippen molar-refractivity contribution in [2.24, 2.45) is 0 Å². The van der Waals surface area contributed by atoms with Gasteiger partial charge in [0.15, 0.2) is 0 Å². The van der Waals surface area contributed by atoms with Crippen LogP contribution < -0.4 is 10.0 Å². The second-order valence-electron chi connectivity index (χ2n) is 3.86. The van der Waals surface area contributed by atoms with Gasteiger partial charge >= 0.3 is 0 Å². The zero-order valence-corrected chi connectivity index (χ0v) is 10.7. The van der Waals surface area contributed by atoms with Crippen LogP contribution in [0.5, 0.6) is 0 Å². The van der Waals surface area contributed by atoms with Gasteiger partial charge in [-0.25, -0.2) is 0 Å². The van der Waals surface area contributed by atoms with Crippen molar-refractivity contribution in [1.82, 2.24) is 14.3 Å². The van der Waals surface area contributed by atoms with Crippen LogP contribution in [0.15, 0.2) is 0 Å². The molecule has 0 aliphatic carbocycles. The molecule has 1 rings (SSSR count).